The highest BCUT2D eigenvalue weighted by molar-refractivity contribution is 6.35. The van der Waals surface area contributed by atoms with Crippen molar-refractivity contribution in [2.45, 2.75) is 72.3 Å². The van der Waals surface area contributed by atoms with Crippen LogP contribution in [0.4, 0.5) is 0 Å². The van der Waals surface area contributed by atoms with Crippen LogP contribution in [0.5, 0.6) is 0 Å². The number of aromatic nitrogens is 2. The molecule has 40 heavy (non-hydrogen) atoms. The molecule has 5 rings (SSSR count). The van der Waals surface area contributed by atoms with Gasteiger partial charge >= 0.3 is 0 Å². The molecule has 1 heterocycles. The van der Waals surface area contributed by atoms with E-state index in [0.717, 1.165) is 22.7 Å². The van der Waals surface area contributed by atoms with E-state index in [9.17, 15) is 4.79 Å². The van der Waals surface area contributed by atoms with Gasteiger partial charge in [0.1, 0.15) is 0 Å². The van der Waals surface area contributed by atoms with Gasteiger partial charge in [0.25, 0.3) is 5.91 Å². The Kier molecular flexibility index (Phi) is 8.08. The van der Waals surface area contributed by atoms with Crippen LogP contribution in [-0.4, -0.2) is 34.3 Å². The summed E-state index contributed by atoms with van der Waals surface area (Å²) >= 11 is 18.9. The number of hydrogen-bond acceptors (Lipinski definition) is 3. The summed E-state index contributed by atoms with van der Waals surface area (Å²) in [5.74, 6) is 0.546. The number of carbonyl (C=O) groups is 1. The third-order valence-electron chi connectivity index (χ3n) is 8.64. The highest BCUT2D eigenvalue weighted by atomic mass is 35.5. The maximum atomic E-state index is 13.4. The topological polar surface area (TPSA) is 59.0 Å². The number of halogens is 3. The Balaban J connectivity index is 1.31. The molecule has 5 nitrogen and oxygen atoms in total. The van der Waals surface area contributed by atoms with Gasteiger partial charge in [0.15, 0.2) is 5.69 Å². The number of amides is 1. The molecule has 8 heteroatoms. The summed E-state index contributed by atoms with van der Waals surface area (Å²) in [7, 11) is 0. The van der Waals surface area contributed by atoms with Gasteiger partial charge in [-0.25, -0.2) is 4.68 Å². The van der Waals surface area contributed by atoms with Crippen molar-refractivity contribution >= 4 is 40.7 Å². The standard InChI is InChI=1S/C32H39Cl3N4O/c1-20-27(29(40)36-12-13-37-32(5)17-21-15-30(2,3)18-31(4,16-21)19-32)38-39(26-11-10-24(34)14-25(26)35)28(20)22-6-8-23(33)9-7-22/h6-11,14,21,37H,12-13,15-19H2,1-5H3,(H,36,40). The van der Waals surface area contributed by atoms with Crippen molar-refractivity contribution in [2.24, 2.45) is 16.7 Å². The second-order valence-corrected chi connectivity index (χ2v) is 14.7. The molecule has 1 aromatic heterocycles. The third kappa shape index (κ3) is 6.23. The van der Waals surface area contributed by atoms with Gasteiger partial charge in [0, 0.05) is 39.8 Å². The van der Waals surface area contributed by atoms with Crippen molar-refractivity contribution in [3.63, 3.8) is 0 Å². The van der Waals surface area contributed by atoms with Crippen LogP contribution in [0.25, 0.3) is 16.9 Å². The van der Waals surface area contributed by atoms with Crippen LogP contribution in [0.3, 0.4) is 0 Å². The molecule has 0 aliphatic heterocycles. The van der Waals surface area contributed by atoms with Crippen LogP contribution in [0.1, 0.15) is 75.9 Å². The predicted octanol–water partition coefficient (Wildman–Crippen LogP) is 8.51. The molecule has 3 aromatic rings. The largest absolute Gasteiger partial charge is 0.349 e. The monoisotopic (exact) mass is 600 g/mol. The van der Waals surface area contributed by atoms with Crippen LogP contribution in [0.2, 0.25) is 15.1 Å². The maximum Gasteiger partial charge on any atom is 0.272 e. The SMILES string of the molecule is Cc1c(C(=O)NCCNC2(C)CC3CC(C)(C)CC(C)(C3)C2)nn(-c2ccc(Cl)cc2Cl)c1-c1ccc(Cl)cc1. The minimum absolute atomic E-state index is 0.0868. The number of nitrogens with zero attached hydrogens (tertiary/aromatic N) is 2. The van der Waals surface area contributed by atoms with E-state index < -0.39 is 0 Å². The van der Waals surface area contributed by atoms with Crippen molar-refractivity contribution in [1.29, 1.82) is 0 Å². The number of hydrogen-bond donors (Lipinski definition) is 2. The predicted molar refractivity (Wildman–Crippen MR) is 166 cm³/mol. The molecule has 2 N–H and O–H groups in total. The summed E-state index contributed by atoms with van der Waals surface area (Å²) < 4.78 is 1.72. The molecule has 2 bridgehead atoms. The average molecular weight is 602 g/mol. The van der Waals surface area contributed by atoms with Gasteiger partial charge < -0.3 is 10.6 Å². The molecule has 3 atom stereocenters. The number of carbonyl (C=O) groups excluding carboxylic acids is 1. The molecule has 2 aliphatic rings. The second-order valence-electron chi connectivity index (χ2n) is 13.4. The smallest absolute Gasteiger partial charge is 0.272 e. The van der Waals surface area contributed by atoms with E-state index >= 15 is 0 Å². The zero-order chi connectivity index (χ0) is 28.9. The molecular formula is C32H39Cl3N4O. The van der Waals surface area contributed by atoms with Gasteiger partial charge in [-0.2, -0.15) is 5.10 Å². The molecule has 1 amide bonds. The van der Waals surface area contributed by atoms with Gasteiger partial charge in [-0.15, -0.1) is 0 Å². The van der Waals surface area contributed by atoms with Crippen LogP contribution in [0, 0.1) is 23.7 Å². The van der Waals surface area contributed by atoms with Gasteiger partial charge in [0.05, 0.1) is 16.4 Å². The minimum Gasteiger partial charge on any atom is -0.349 e. The van der Waals surface area contributed by atoms with Gasteiger partial charge in [-0.05, 0) is 93.0 Å². The Hall–Kier alpha value is -2.05. The third-order valence-corrected chi connectivity index (χ3v) is 9.43. The molecule has 2 saturated carbocycles. The first kappa shape index (κ1) is 29.4. The molecule has 2 aliphatic carbocycles. The van der Waals surface area contributed by atoms with Crippen molar-refractivity contribution < 1.29 is 4.79 Å². The number of benzene rings is 2. The van der Waals surface area contributed by atoms with Crippen LogP contribution in [-0.2, 0) is 0 Å². The molecule has 0 spiro atoms. The van der Waals surface area contributed by atoms with E-state index in [0.29, 0.717) is 50.4 Å². The Bertz CT molecular complexity index is 1410. The second kappa shape index (κ2) is 11.0. The number of nitrogens with one attached hydrogen (secondary N) is 2. The van der Waals surface area contributed by atoms with E-state index in [-0.39, 0.29) is 11.4 Å². The van der Waals surface area contributed by atoms with Gasteiger partial charge in [-0.3, -0.25) is 4.79 Å². The zero-order valence-corrected chi connectivity index (χ0v) is 26.3. The average Bonchev–Trinajstić information content (AvgIpc) is 3.16. The number of rotatable bonds is 7. The van der Waals surface area contributed by atoms with Crippen molar-refractivity contribution in [3.8, 4) is 16.9 Å². The van der Waals surface area contributed by atoms with Crippen LogP contribution < -0.4 is 10.6 Å². The molecule has 0 saturated heterocycles. The van der Waals surface area contributed by atoms with E-state index in [4.69, 9.17) is 39.9 Å². The fraction of sp³-hybridized carbons (Fsp3) is 0.500. The first-order valence-electron chi connectivity index (χ1n) is 14.1. The van der Waals surface area contributed by atoms with Crippen molar-refractivity contribution in [1.82, 2.24) is 20.4 Å². The molecule has 3 unspecified atom stereocenters. The maximum absolute atomic E-state index is 13.4. The Morgan fingerprint density at radius 3 is 2.33 bits per heavy atom. The van der Waals surface area contributed by atoms with Gasteiger partial charge in [-0.1, -0.05) is 67.7 Å². The molecule has 2 fully saturated rings. The Morgan fingerprint density at radius 2 is 1.65 bits per heavy atom. The van der Waals surface area contributed by atoms with Crippen molar-refractivity contribution in [3.05, 3.63) is 68.8 Å². The van der Waals surface area contributed by atoms with Gasteiger partial charge in [0.2, 0.25) is 0 Å². The van der Waals surface area contributed by atoms with E-state index in [2.05, 4.69) is 38.3 Å². The van der Waals surface area contributed by atoms with Crippen LogP contribution in [0.15, 0.2) is 42.5 Å². The normalized spacial score (nSPS) is 25.6. The molecular weight excluding hydrogens is 563 g/mol. The van der Waals surface area contributed by atoms with Crippen LogP contribution >= 0.6 is 34.8 Å². The van der Waals surface area contributed by atoms with E-state index in [1.807, 2.05) is 37.3 Å². The lowest BCUT2D eigenvalue weighted by atomic mass is 9.52. The summed E-state index contributed by atoms with van der Waals surface area (Å²) in [6, 6.07) is 12.7. The molecule has 214 valence electrons. The highest BCUT2D eigenvalue weighted by Gasteiger charge is 2.49. The highest BCUT2D eigenvalue weighted by Crippen LogP contribution is 2.57. The quantitative estimate of drug-likeness (QED) is 0.267. The zero-order valence-electron chi connectivity index (χ0n) is 24.0. The summed E-state index contributed by atoms with van der Waals surface area (Å²) in [6.07, 6.45) is 6.27. The summed E-state index contributed by atoms with van der Waals surface area (Å²) in [6.45, 7) is 12.8. The summed E-state index contributed by atoms with van der Waals surface area (Å²) in [5, 5.41) is 13.2. The fourth-order valence-corrected chi connectivity index (χ4v) is 8.64. The lowest BCUT2D eigenvalue weighted by Crippen LogP contribution is -2.55. The summed E-state index contributed by atoms with van der Waals surface area (Å²) in [4.78, 5) is 13.4. The Morgan fingerprint density at radius 1 is 0.950 bits per heavy atom. The minimum atomic E-state index is -0.210. The Labute approximate surface area is 253 Å². The summed E-state index contributed by atoms with van der Waals surface area (Å²) in [5.41, 5.74) is 4.33. The molecule has 2 aromatic carbocycles. The first-order valence-corrected chi connectivity index (χ1v) is 15.2. The van der Waals surface area contributed by atoms with E-state index in [1.165, 1.54) is 32.1 Å². The first-order chi connectivity index (χ1) is 18.8. The fourth-order valence-electron chi connectivity index (χ4n) is 8.02. The van der Waals surface area contributed by atoms with E-state index in [1.54, 1.807) is 16.8 Å². The lowest BCUT2D eigenvalue weighted by molar-refractivity contribution is -0.0281. The number of fused-ring (bicyclic) bond motifs is 2. The molecule has 0 radical (unpaired) electrons. The lowest BCUT2D eigenvalue weighted by Gasteiger charge is -2.56. The van der Waals surface area contributed by atoms with Crippen molar-refractivity contribution in [2.75, 3.05) is 13.1 Å².